The standard InChI is InChI=1S/C25H20ClN7OS2/c1-28-22-21(20-7-10-33(31-20)11-12-34)19(13-27)25(30-23(22)32-8-2-9-32)36-15-18-14-35-24(29-18)16-3-5-17(26)6-4-16/h3-7,10,14,34H,2,8-9,11-12,15H2. The number of hydrogen-bond donors (Lipinski definition) is 1. The summed E-state index contributed by atoms with van der Waals surface area (Å²) >= 11 is 8.99. The summed E-state index contributed by atoms with van der Waals surface area (Å²) in [6.45, 7) is 9.80. The zero-order valence-corrected chi connectivity index (χ0v) is 21.4. The number of pyridine rings is 1. The van der Waals surface area contributed by atoms with Crippen molar-refractivity contribution in [2.45, 2.75) is 23.7 Å². The minimum atomic E-state index is -0.0516. The monoisotopic (exact) mass is 533 g/mol. The topological polar surface area (TPSA) is 95.2 Å². The number of hydrogen-bond acceptors (Lipinski definition) is 8. The van der Waals surface area contributed by atoms with Gasteiger partial charge in [-0.1, -0.05) is 35.5 Å². The molecule has 1 fully saturated rings. The maximum atomic E-state index is 10.1. The first-order valence-corrected chi connectivity index (χ1v) is 13.4. The Bertz CT molecular complexity index is 1480. The highest BCUT2D eigenvalue weighted by molar-refractivity contribution is 7.98. The minimum Gasteiger partial charge on any atom is -0.394 e. The zero-order valence-electron chi connectivity index (χ0n) is 19.1. The number of aliphatic hydroxyl groups is 1. The number of aromatic nitrogens is 4. The molecule has 3 aromatic heterocycles. The Labute approximate surface area is 221 Å². The van der Waals surface area contributed by atoms with E-state index in [0.717, 1.165) is 35.8 Å². The molecule has 0 amide bonds. The fraction of sp³-hybridized carbons (Fsp3) is 0.240. The Morgan fingerprint density at radius 1 is 1.22 bits per heavy atom. The van der Waals surface area contributed by atoms with Crippen LogP contribution >= 0.6 is 34.7 Å². The van der Waals surface area contributed by atoms with Crippen LogP contribution in [0.4, 0.5) is 11.5 Å². The number of rotatable bonds is 8. The molecule has 0 saturated carbocycles. The first-order valence-electron chi connectivity index (χ1n) is 11.2. The van der Waals surface area contributed by atoms with E-state index in [0.29, 0.717) is 50.7 Å². The molecule has 0 atom stereocenters. The minimum absolute atomic E-state index is 0.0516. The van der Waals surface area contributed by atoms with Crippen LogP contribution in [-0.2, 0) is 12.3 Å². The molecule has 5 rings (SSSR count). The maximum Gasteiger partial charge on any atom is 0.239 e. The maximum absolute atomic E-state index is 10.1. The number of thioether (sulfide) groups is 1. The molecule has 0 bridgehead atoms. The van der Waals surface area contributed by atoms with Crippen molar-refractivity contribution >= 4 is 46.2 Å². The van der Waals surface area contributed by atoms with Crippen molar-refractivity contribution < 1.29 is 5.11 Å². The average Bonchev–Trinajstić information content (AvgIpc) is 3.52. The second-order valence-corrected chi connectivity index (χ2v) is 10.3. The predicted octanol–water partition coefficient (Wildman–Crippen LogP) is 5.64. The smallest absolute Gasteiger partial charge is 0.239 e. The van der Waals surface area contributed by atoms with Gasteiger partial charge in [-0.3, -0.25) is 4.68 Å². The lowest BCUT2D eigenvalue weighted by atomic mass is 10.0. The molecule has 0 aliphatic carbocycles. The van der Waals surface area contributed by atoms with Crippen LogP contribution in [0, 0.1) is 17.9 Å². The van der Waals surface area contributed by atoms with E-state index in [9.17, 15) is 10.4 Å². The third-order valence-electron chi connectivity index (χ3n) is 5.72. The number of nitriles is 1. The largest absolute Gasteiger partial charge is 0.394 e. The summed E-state index contributed by atoms with van der Waals surface area (Å²) < 4.78 is 1.61. The van der Waals surface area contributed by atoms with Crippen LogP contribution < -0.4 is 4.90 Å². The van der Waals surface area contributed by atoms with Crippen LogP contribution in [0.15, 0.2) is 46.9 Å². The highest BCUT2D eigenvalue weighted by Gasteiger charge is 2.28. The summed E-state index contributed by atoms with van der Waals surface area (Å²) in [6, 6.07) is 11.6. The molecule has 8 nitrogen and oxygen atoms in total. The van der Waals surface area contributed by atoms with Gasteiger partial charge in [0.1, 0.15) is 21.9 Å². The van der Waals surface area contributed by atoms with E-state index in [2.05, 4.69) is 20.9 Å². The quantitative estimate of drug-likeness (QED) is 0.231. The fourth-order valence-electron chi connectivity index (χ4n) is 3.82. The van der Waals surface area contributed by atoms with Crippen molar-refractivity contribution in [2.24, 2.45) is 0 Å². The molecule has 4 heterocycles. The van der Waals surface area contributed by atoms with Gasteiger partial charge in [0.2, 0.25) is 5.69 Å². The molecule has 11 heteroatoms. The lowest BCUT2D eigenvalue weighted by Crippen LogP contribution is -2.37. The van der Waals surface area contributed by atoms with E-state index in [1.54, 1.807) is 28.3 Å². The van der Waals surface area contributed by atoms with Crippen molar-refractivity contribution in [2.75, 3.05) is 24.6 Å². The van der Waals surface area contributed by atoms with Crippen LogP contribution in [0.5, 0.6) is 0 Å². The average molecular weight is 534 g/mol. The summed E-state index contributed by atoms with van der Waals surface area (Å²) in [6.07, 6.45) is 2.78. The van der Waals surface area contributed by atoms with E-state index < -0.39 is 0 Å². The first kappa shape index (κ1) is 24.3. The molecule has 1 aromatic carbocycles. The Balaban J connectivity index is 1.51. The van der Waals surface area contributed by atoms with Gasteiger partial charge in [0.05, 0.1) is 36.7 Å². The van der Waals surface area contributed by atoms with Crippen LogP contribution in [0.3, 0.4) is 0 Å². The molecule has 36 heavy (non-hydrogen) atoms. The molecule has 1 aliphatic rings. The molecule has 1 aliphatic heterocycles. The van der Waals surface area contributed by atoms with Crippen LogP contribution in [0.1, 0.15) is 17.7 Å². The Morgan fingerprint density at radius 2 is 2.03 bits per heavy atom. The van der Waals surface area contributed by atoms with Gasteiger partial charge in [0.25, 0.3) is 0 Å². The van der Waals surface area contributed by atoms with Crippen LogP contribution in [0.25, 0.3) is 26.7 Å². The molecule has 0 unspecified atom stereocenters. The van der Waals surface area contributed by atoms with Crippen molar-refractivity contribution in [3.63, 3.8) is 0 Å². The third kappa shape index (κ3) is 4.81. The molecule has 0 spiro atoms. The number of benzene rings is 1. The van der Waals surface area contributed by atoms with Crippen molar-refractivity contribution in [1.29, 1.82) is 5.26 Å². The number of anilines is 1. The highest BCUT2D eigenvalue weighted by atomic mass is 35.5. The molecule has 4 aromatic rings. The van der Waals surface area contributed by atoms with E-state index in [-0.39, 0.29) is 6.61 Å². The van der Waals surface area contributed by atoms with Crippen LogP contribution in [-0.4, -0.2) is 44.6 Å². The molecule has 1 saturated heterocycles. The van der Waals surface area contributed by atoms with Crippen LogP contribution in [0.2, 0.25) is 5.02 Å². The summed E-state index contributed by atoms with van der Waals surface area (Å²) in [5.74, 6) is 1.12. The molecule has 1 N–H and O–H groups in total. The van der Waals surface area contributed by atoms with Gasteiger partial charge >= 0.3 is 0 Å². The summed E-state index contributed by atoms with van der Waals surface area (Å²) in [4.78, 5) is 15.4. The number of nitrogens with zero attached hydrogens (tertiary/aromatic N) is 7. The van der Waals surface area contributed by atoms with Gasteiger partial charge in [0.15, 0.2) is 0 Å². The summed E-state index contributed by atoms with van der Waals surface area (Å²) in [7, 11) is 0. The van der Waals surface area contributed by atoms with E-state index in [4.69, 9.17) is 28.1 Å². The Kier molecular flexibility index (Phi) is 7.21. The lowest BCUT2D eigenvalue weighted by molar-refractivity contribution is 0.269. The van der Waals surface area contributed by atoms with Gasteiger partial charge in [-0.2, -0.15) is 10.4 Å². The Hall–Kier alpha value is -3.41. The fourth-order valence-corrected chi connectivity index (χ4v) is 5.75. The van der Waals surface area contributed by atoms with Crippen molar-refractivity contribution in [3.05, 3.63) is 69.6 Å². The predicted molar refractivity (Wildman–Crippen MR) is 142 cm³/mol. The Morgan fingerprint density at radius 3 is 2.69 bits per heavy atom. The van der Waals surface area contributed by atoms with E-state index in [1.165, 1.54) is 11.8 Å². The van der Waals surface area contributed by atoms with Crippen molar-refractivity contribution in [3.8, 4) is 27.9 Å². The van der Waals surface area contributed by atoms with Gasteiger partial charge in [0, 0.05) is 46.6 Å². The van der Waals surface area contributed by atoms with E-state index in [1.807, 2.05) is 29.6 Å². The van der Waals surface area contributed by atoms with Gasteiger partial charge < -0.3 is 10.0 Å². The second kappa shape index (κ2) is 10.7. The molecule has 0 radical (unpaired) electrons. The molecular formula is C25H20ClN7OS2. The SMILES string of the molecule is [C-]#[N+]c1c(N2CCC2)nc(SCc2csc(-c3ccc(Cl)cc3)n2)c(C#N)c1-c1ccn(CCO)n1. The van der Waals surface area contributed by atoms with E-state index >= 15 is 0 Å². The summed E-state index contributed by atoms with van der Waals surface area (Å²) in [5.41, 5.74) is 3.56. The number of aliphatic hydroxyl groups excluding tert-OH is 1. The second-order valence-electron chi connectivity index (χ2n) is 8.03. The first-order chi connectivity index (χ1) is 17.6. The highest BCUT2D eigenvalue weighted by Crippen LogP contribution is 2.44. The van der Waals surface area contributed by atoms with Crippen molar-refractivity contribution in [1.82, 2.24) is 19.7 Å². The normalized spacial score (nSPS) is 12.7. The zero-order chi connectivity index (χ0) is 25.1. The van der Waals surface area contributed by atoms with Gasteiger partial charge in [-0.25, -0.2) is 14.8 Å². The summed E-state index contributed by atoms with van der Waals surface area (Å²) in [5, 5.41) is 28.1. The molecule has 180 valence electrons. The van der Waals surface area contributed by atoms with Gasteiger partial charge in [-0.05, 0) is 24.6 Å². The number of thiazole rings is 1. The van der Waals surface area contributed by atoms with Gasteiger partial charge in [-0.15, -0.1) is 11.3 Å². The lowest BCUT2D eigenvalue weighted by Gasteiger charge is -2.33. The number of halogens is 1. The molecular weight excluding hydrogens is 514 g/mol. The third-order valence-corrected chi connectivity index (χ3v) is 7.93.